The number of benzene rings is 1. The third-order valence-electron chi connectivity index (χ3n) is 3.12. The highest BCUT2D eigenvalue weighted by Gasteiger charge is 2.20. The highest BCUT2D eigenvalue weighted by atomic mass is 35.5. The van der Waals surface area contributed by atoms with Gasteiger partial charge in [0.1, 0.15) is 5.82 Å². The number of hydrogen-bond acceptors (Lipinski definition) is 3. The van der Waals surface area contributed by atoms with Gasteiger partial charge in [-0.15, -0.1) is 0 Å². The summed E-state index contributed by atoms with van der Waals surface area (Å²) >= 11 is 5.74. The predicted molar refractivity (Wildman–Crippen MR) is 70.1 cm³/mol. The molecule has 1 aliphatic rings. The molecule has 100 valence electrons. The molecule has 1 aromatic carbocycles. The van der Waals surface area contributed by atoms with Crippen molar-refractivity contribution in [2.24, 2.45) is 5.73 Å². The summed E-state index contributed by atoms with van der Waals surface area (Å²) in [7, 11) is 0. The molecule has 0 aliphatic carbocycles. The van der Waals surface area contributed by atoms with Gasteiger partial charge in [0.05, 0.1) is 12.7 Å². The Kier molecular flexibility index (Phi) is 4.95. The van der Waals surface area contributed by atoms with Crippen molar-refractivity contribution in [3.05, 3.63) is 34.6 Å². The first-order valence-corrected chi connectivity index (χ1v) is 6.55. The van der Waals surface area contributed by atoms with Gasteiger partial charge in [0.25, 0.3) is 0 Å². The van der Waals surface area contributed by atoms with Crippen LogP contribution in [0.3, 0.4) is 0 Å². The smallest absolute Gasteiger partial charge is 0.129 e. The summed E-state index contributed by atoms with van der Waals surface area (Å²) in [5.74, 6) is -0.246. The quantitative estimate of drug-likeness (QED) is 0.912. The van der Waals surface area contributed by atoms with E-state index in [1.165, 1.54) is 6.07 Å². The second-order valence-corrected chi connectivity index (χ2v) is 4.98. The van der Waals surface area contributed by atoms with Crippen molar-refractivity contribution in [3.63, 3.8) is 0 Å². The Hall–Kier alpha value is -0.680. The minimum Gasteiger partial charge on any atom is -0.376 e. The van der Waals surface area contributed by atoms with Crippen LogP contribution < -0.4 is 5.73 Å². The van der Waals surface area contributed by atoms with Gasteiger partial charge in [-0.1, -0.05) is 17.7 Å². The highest BCUT2D eigenvalue weighted by molar-refractivity contribution is 6.30. The van der Waals surface area contributed by atoms with Crippen LogP contribution in [0.4, 0.5) is 4.39 Å². The molecule has 0 spiro atoms. The van der Waals surface area contributed by atoms with Gasteiger partial charge in [-0.25, -0.2) is 4.39 Å². The normalized spacial score (nSPS) is 21.2. The lowest BCUT2D eigenvalue weighted by molar-refractivity contribution is -0.0338. The zero-order chi connectivity index (χ0) is 13.0. The van der Waals surface area contributed by atoms with Crippen molar-refractivity contribution in [2.75, 3.05) is 26.2 Å². The summed E-state index contributed by atoms with van der Waals surface area (Å²) in [6.07, 6.45) is 1.01. The molecule has 3 nitrogen and oxygen atoms in total. The summed E-state index contributed by atoms with van der Waals surface area (Å²) in [6, 6.07) is 4.82. The second kappa shape index (κ2) is 6.48. The fourth-order valence-corrected chi connectivity index (χ4v) is 2.33. The number of nitrogens with two attached hydrogens (primary N) is 1. The average molecular weight is 273 g/mol. The van der Waals surface area contributed by atoms with Crippen molar-refractivity contribution in [1.29, 1.82) is 0 Å². The number of ether oxygens (including phenoxy) is 1. The predicted octanol–water partition coefficient (Wildman–Crippen LogP) is 2.03. The Bertz CT molecular complexity index is 401. The van der Waals surface area contributed by atoms with Gasteiger partial charge in [0.15, 0.2) is 0 Å². The van der Waals surface area contributed by atoms with Gasteiger partial charge in [-0.05, 0) is 25.1 Å². The molecule has 1 fully saturated rings. The highest BCUT2D eigenvalue weighted by Crippen LogP contribution is 2.18. The lowest BCUT2D eigenvalue weighted by Gasteiger charge is -2.32. The van der Waals surface area contributed by atoms with Gasteiger partial charge >= 0.3 is 0 Å². The van der Waals surface area contributed by atoms with Crippen LogP contribution in [0.2, 0.25) is 5.02 Å². The van der Waals surface area contributed by atoms with Crippen LogP contribution >= 0.6 is 11.6 Å². The number of halogens is 2. The lowest BCUT2D eigenvalue weighted by atomic mass is 10.1. The van der Waals surface area contributed by atoms with Crippen LogP contribution in [-0.4, -0.2) is 37.2 Å². The van der Waals surface area contributed by atoms with Crippen LogP contribution in [0.1, 0.15) is 12.0 Å². The molecule has 1 unspecified atom stereocenters. The third-order valence-corrected chi connectivity index (χ3v) is 3.36. The summed E-state index contributed by atoms with van der Waals surface area (Å²) in [5, 5.41) is 0.430. The Labute approximate surface area is 112 Å². The molecule has 2 rings (SSSR count). The molecule has 2 N–H and O–H groups in total. The Morgan fingerprint density at radius 3 is 3.06 bits per heavy atom. The molecule has 0 radical (unpaired) electrons. The van der Waals surface area contributed by atoms with Gasteiger partial charge < -0.3 is 10.5 Å². The van der Waals surface area contributed by atoms with Gasteiger partial charge in [0.2, 0.25) is 0 Å². The second-order valence-electron chi connectivity index (χ2n) is 4.54. The van der Waals surface area contributed by atoms with E-state index in [9.17, 15) is 4.39 Å². The van der Waals surface area contributed by atoms with Crippen molar-refractivity contribution in [1.82, 2.24) is 4.90 Å². The van der Waals surface area contributed by atoms with Crippen molar-refractivity contribution in [3.8, 4) is 0 Å². The van der Waals surface area contributed by atoms with Crippen LogP contribution in [0.5, 0.6) is 0 Å². The lowest BCUT2D eigenvalue weighted by Crippen LogP contribution is -2.42. The summed E-state index contributed by atoms with van der Waals surface area (Å²) < 4.78 is 19.3. The van der Waals surface area contributed by atoms with Crippen molar-refractivity contribution >= 4 is 11.6 Å². The van der Waals surface area contributed by atoms with Crippen molar-refractivity contribution in [2.45, 2.75) is 19.1 Å². The van der Waals surface area contributed by atoms with E-state index in [-0.39, 0.29) is 11.9 Å². The van der Waals surface area contributed by atoms with E-state index in [1.807, 2.05) is 0 Å². The standard InChI is InChI=1S/C13H18ClFN2O/c14-11-2-1-10(13(15)7-11)8-17-5-6-18-12(9-17)3-4-16/h1-2,7,12H,3-6,8-9,16H2. The molecule has 1 heterocycles. The summed E-state index contributed by atoms with van der Waals surface area (Å²) in [5.41, 5.74) is 6.20. The maximum absolute atomic E-state index is 13.7. The summed E-state index contributed by atoms with van der Waals surface area (Å²) in [6.45, 7) is 3.52. The first-order chi connectivity index (χ1) is 8.69. The van der Waals surface area contributed by atoms with Crippen LogP contribution in [-0.2, 0) is 11.3 Å². The van der Waals surface area contributed by atoms with Gasteiger partial charge in [-0.3, -0.25) is 4.90 Å². The number of morpholine rings is 1. The molecular formula is C13H18ClFN2O. The maximum atomic E-state index is 13.7. The van der Waals surface area contributed by atoms with E-state index in [1.54, 1.807) is 12.1 Å². The Balaban J connectivity index is 1.96. The van der Waals surface area contributed by atoms with E-state index in [0.717, 1.165) is 19.5 Å². The fourth-order valence-electron chi connectivity index (χ4n) is 2.18. The molecule has 1 saturated heterocycles. The minimum absolute atomic E-state index is 0.166. The molecule has 5 heteroatoms. The zero-order valence-corrected chi connectivity index (χ0v) is 11.0. The molecule has 1 aliphatic heterocycles. The zero-order valence-electron chi connectivity index (χ0n) is 10.2. The molecule has 0 bridgehead atoms. The first kappa shape index (κ1) is 13.7. The minimum atomic E-state index is -0.246. The SMILES string of the molecule is NCCC1CN(Cc2ccc(Cl)cc2F)CCO1. The van der Waals surface area contributed by atoms with Crippen LogP contribution in [0, 0.1) is 5.82 Å². The van der Waals surface area contributed by atoms with Gasteiger partial charge in [-0.2, -0.15) is 0 Å². The average Bonchev–Trinajstić information content (AvgIpc) is 2.34. The number of nitrogens with zero attached hydrogens (tertiary/aromatic N) is 1. The first-order valence-electron chi connectivity index (χ1n) is 6.17. The number of hydrogen-bond donors (Lipinski definition) is 1. The van der Waals surface area contributed by atoms with Crippen LogP contribution in [0.15, 0.2) is 18.2 Å². The van der Waals surface area contributed by atoms with E-state index >= 15 is 0 Å². The molecular weight excluding hydrogens is 255 g/mol. The fraction of sp³-hybridized carbons (Fsp3) is 0.538. The monoisotopic (exact) mass is 272 g/mol. The van der Waals surface area contributed by atoms with E-state index in [0.29, 0.717) is 30.3 Å². The third kappa shape index (κ3) is 3.65. The van der Waals surface area contributed by atoms with E-state index in [2.05, 4.69) is 4.90 Å². The Morgan fingerprint density at radius 1 is 1.50 bits per heavy atom. The largest absolute Gasteiger partial charge is 0.376 e. The molecule has 1 aromatic rings. The van der Waals surface area contributed by atoms with E-state index < -0.39 is 0 Å². The molecule has 0 aromatic heterocycles. The molecule has 18 heavy (non-hydrogen) atoms. The molecule has 0 saturated carbocycles. The van der Waals surface area contributed by atoms with Gasteiger partial charge in [0, 0.05) is 30.2 Å². The van der Waals surface area contributed by atoms with Crippen molar-refractivity contribution < 1.29 is 9.13 Å². The Morgan fingerprint density at radius 2 is 2.33 bits per heavy atom. The maximum Gasteiger partial charge on any atom is 0.129 e. The van der Waals surface area contributed by atoms with Crippen LogP contribution in [0.25, 0.3) is 0 Å². The van der Waals surface area contributed by atoms with E-state index in [4.69, 9.17) is 22.1 Å². The summed E-state index contributed by atoms with van der Waals surface area (Å²) in [4.78, 5) is 2.19. The topological polar surface area (TPSA) is 38.5 Å². The molecule has 0 amide bonds. The molecule has 1 atom stereocenters. The number of rotatable bonds is 4.